The van der Waals surface area contributed by atoms with Crippen LogP contribution in [0.15, 0.2) is 12.3 Å². The second-order valence-corrected chi connectivity index (χ2v) is 7.59. The molecule has 1 aromatic rings. The number of rotatable bonds is 4. The molecule has 0 radical (unpaired) electrons. The molecule has 2 aliphatic rings. The summed E-state index contributed by atoms with van der Waals surface area (Å²) in [6.07, 6.45) is 1.73. The third kappa shape index (κ3) is 4.00. The summed E-state index contributed by atoms with van der Waals surface area (Å²) in [5, 5.41) is 15.0. The lowest BCUT2D eigenvalue weighted by Crippen LogP contribution is -2.49. The minimum absolute atomic E-state index is 0.0745. The van der Waals surface area contributed by atoms with Crippen molar-refractivity contribution in [3.8, 4) is 0 Å². The van der Waals surface area contributed by atoms with Crippen LogP contribution < -0.4 is 0 Å². The third-order valence-electron chi connectivity index (χ3n) is 5.10. The van der Waals surface area contributed by atoms with Gasteiger partial charge in [-0.1, -0.05) is 0 Å². The zero-order valence-electron chi connectivity index (χ0n) is 14.8. The molecule has 0 saturated carbocycles. The molecule has 1 N–H and O–H groups in total. The summed E-state index contributed by atoms with van der Waals surface area (Å²) in [5.41, 5.74) is -0.526. The predicted octanol–water partition coefficient (Wildman–Crippen LogP) is 1.77. The van der Waals surface area contributed by atoms with Crippen LogP contribution >= 0.6 is 0 Å². The van der Waals surface area contributed by atoms with Crippen molar-refractivity contribution in [3.63, 3.8) is 0 Å². The molecular formula is C17H26F2N4O2. The average Bonchev–Trinajstić information content (AvgIpc) is 3.16. The fourth-order valence-corrected chi connectivity index (χ4v) is 3.67. The largest absolute Gasteiger partial charge is 0.387 e. The molecule has 0 spiro atoms. The number of β-amino-alcohol motifs (C(OH)–C–C–N with tert-alkyl or cyclic N) is 1. The number of carbonyl (C=O) groups is 1. The number of amides is 1. The molecule has 0 aliphatic carbocycles. The van der Waals surface area contributed by atoms with E-state index < -0.39 is 11.5 Å². The highest BCUT2D eigenvalue weighted by molar-refractivity contribution is 5.92. The quantitative estimate of drug-likeness (QED) is 0.893. The maximum atomic E-state index is 13.3. The first-order valence-electron chi connectivity index (χ1n) is 8.84. The Hall–Kier alpha value is -1.54. The van der Waals surface area contributed by atoms with Gasteiger partial charge >= 0.3 is 0 Å². The molecule has 25 heavy (non-hydrogen) atoms. The van der Waals surface area contributed by atoms with Gasteiger partial charge in [0.25, 0.3) is 11.8 Å². The fraction of sp³-hybridized carbons (Fsp3) is 0.765. The van der Waals surface area contributed by atoms with Crippen LogP contribution in [-0.2, 0) is 0 Å². The van der Waals surface area contributed by atoms with Crippen LogP contribution in [0.3, 0.4) is 0 Å². The van der Waals surface area contributed by atoms with Crippen molar-refractivity contribution >= 4 is 5.91 Å². The standard InChI is InChI=1S/C17H26F2N4O2/c1-13(2)23-14(3-7-20-23)15(24)22-10-4-16(25,12-22)11-21-8-5-17(18,19)6-9-21/h3,7,13,25H,4-6,8-12H2,1-2H3. The SMILES string of the molecule is CC(C)n1nccc1C(=O)N1CCC(O)(CN2CCC(F)(F)CC2)C1. The summed E-state index contributed by atoms with van der Waals surface area (Å²) in [4.78, 5) is 16.3. The van der Waals surface area contributed by atoms with E-state index >= 15 is 0 Å². The van der Waals surface area contributed by atoms with Crippen LogP contribution in [0.4, 0.5) is 8.78 Å². The van der Waals surface area contributed by atoms with Crippen molar-refractivity contribution in [1.29, 1.82) is 0 Å². The van der Waals surface area contributed by atoms with Crippen LogP contribution in [0.2, 0.25) is 0 Å². The number of halogens is 2. The van der Waals surface area contributed by atoms with Gasteiger partial charge in [0.05, 0.1) is 12.1 Å². The van der Waals surface area contributed by atoms with Crippen molar-refractivity contribution in [2.45, 2.75) is 50.7 Å². The minimum atomic E-state index is -2.59. The van der Waals surface area contributed by atoms with Gasteiger partial charge in [-0.2, -0.15) is 5.10 Å². The Morgan fingerprint density at radius 3 is 2.60 bits per heavy atom. The number of aromatic nitrogens is 2. The first kappa shape index (κ1) is 18.3. The second-order valence-electron chi connectivity index (χ2n) is 7.59. The summed E-state index contributed by atoms with van der Waals surface area (Å²) < 4.78 is 28.2. The van der Waals surface area contributed by atoms with Crippen LogP contribution in [0, 0.1) is 0 Å². The van der Waals surface area contributed by atoms with E-state index in [2.05, 4.69) is 5.10 Å². The molecule has 3 rings (SSSR count). The molecule has 0 aromatic carbocycles. The predicted molar refractivity (Wildman–Crippen MR) is 88.7 cm³/mol. The van der Waals surface area contributed by atoms with Crippen LogP contribution in [0.25, 0.3) is 0 Å². The second kappa shape index (κ2) is 6.64. The van der Waals surface area contributed by atoms with Crippen LogP contribution in [0.1, 0.15) is 49.6 Å². The first-order valence-corrected chi connectivity index (χ1v) is 8.84. The Labute approximate surface area is 146 Å². The maximum absolute atomic E-state index is 13.3. The summed E-state index contributed by atoms with van der Waals surface area (Å²) in [7, 11) is 0. The third-order valence-corrected chi connectivity index (χ3v) is 5.10. The first-order chi connectivity index (χ1) is 11.7. The molecule has 0 bridgehead atoms. The topological polar surface area (TPSA) is 61.6 Å². The highest BCUT2D eigenvalue weighted by Gasteiger charge is 2.42. The number of likely N-dealkylation sites (tertiary alicyclic amines) is 2. The molecule has 2 saturated heterocycles. The van der Waals surface area contributed by atoms with E-state index in [1.54, 1.807) is 21.8 Å². The Morgan fingerprint density at radius 1 is 1.28 bits per heavy atom. The van der Waals surface area contributed by atoms with Crippen molar-refractivity contribution in [1.82, 2.24) is 19.6 Å². The highest BCUT2D eigenvalue weighted by atomic mass is 19.3. The molecule has 3 heterocycles. The molecule has 8 heteroatoms. The van der Waals surface area contributed by atoms with Crippen molar-refractivity contribution in [3.05, 3.63) is 18.0 Å². The van der Waals surface area contributed by atoms with Gasteiger partial charge in [-0.3, -0.25) is 14.4 Å². The van der Waals surface area contributed by atoms with Gasteiger partial charge in [0.15, 0.2) is 0 Å². The summed E-state index contributed by atoms with van der Waals surface area (Å²) >= 11 is 0. The zero-order chi connectivity index (χ0) is 18.2. The molecule has 2 fully saturated rings. The van der Waals surface area contributed by atoms with Crippen LogP contribution in [0.5, 0.6) is 0 Å². The normalized spacial score (nSPS) is 27.2. The Bertz CT molecular complexity index is 624. The van der Waals surface area contributed by atoms with Gasteiger partial charge in [0, 0.05) is 51.3 Å². The molecule has 1 unspecified atom stereocenters. The van der Waals surface area contributed by atoms with Gasteiger partial charge in [0.1, 0.15) is 5.69 Å². The van der Waals surface area contributed by atoms with E-state index in [0.717, 1.165) is 0 Å². The lowest BCUT2D eigenvalue weighted by molar-refractivity contribution is -0.0720. The Morgan fingerprint density at radius 2 is 1.96 bits per heavy atom. The van der Waals surface area contributed by atoms with Crippen molar-refractivity contribution in [2.75, 3.05) is 32.7 Å². The Kier molecular flexibility index (Phi) is 4.85. The molecule has 1 amide bonds. The van der Waals surface area contributed by atoms with Gasteiger partial charge in [-0.25, -0.2) is 8.78 Å². The molecular weight excluding hydrogens is 330 g/mol. The number of hydrogen-bond acceptors (Lipinski definition) is 4. The van der Waals surface area contributed by atoms with Gasteiger partial charge in [0.2, 0.25) is 0 Å². The van der Waals surface area contributed by atoms with Crippen LogP contribution in [-0.4, -0.2) is 74.8 Å². The van der Waals surface area contributed by atoms with E-state index in [9.17, 15) is 18.7 Å². The monoisotopic (exact) mass is 356 g/mol. The van der Waals surface area contributed by atoms with Crippen molar-refractivity contribution in [2.24, 2.45) is 0 Å². The van der Waals surface area contributed by atoms with E-state index in [1.165, 1.54) is 0 Å². The number of aliphatic hydroxyl groups is 1. The average molecular weight is 356 g/mol. The number of alkyl halides is 2. The highest BCUT2D eigenvalue weighted by Crippen LogP contribution is 2.30. The lowest BCUT2D eigenvalue weighted by Gasteiger charge is -2.36. The van der Waals surface area contributed by atoms with Gasteiger partial charge < -0.3 is 10.0 Å². The van der Waals surface area contributed by atoms with Gasteiger partial charge in [-0.15, -0.1) is 0 Å². The van der Waals surface area contributed by atoms with Crippen molar-refractivity contribution < 1.29 is 18.7 Å². The van der Waals surface area contributed by atoms with E-state index in [-0.39, 0.29) is 44.4 Å². The summed E-state index contributed by atoms with van der Waals surface area (Å²) in [6, 6.07) is 1.76. The maximum Gasteiger partial charge on any atom is 0.272 e. The number of carbonyl (C=O) groups excluding carboxylic acids is 1. The zero-order valence-corrected chi connectivity index (χ0v) is 14.8. The molecule has 140 valence electrons. The van der Waals surface area contributed by atoms with Gasteiger partial charge in [-0.05, 0) is 26.3 Å². The van der Waals surface area contributed by atoms with E-state index in [4.69, 9.17) is 0 Å². The lowest BCUT2D eigenvalue weighted by atomic mass is 10.00. The number of hydrogen-bond donors (Lipinski definition) is 1. The number of piperidine rings is 1. The molecule has 1 aromatic heterocycles. The smallest absolute Gasteiger partial charge is 0.272 e. The molecule has 2 aliphatic heterocycles. The number of nitrogens with zero attached hydrogens (tertiary/aromatic N) is 4. The Balaban J connectivity index is 1.60. The molecule has 6 nitrogen and oxygen atoms in total. The fourth-order valence-electron chi connectivity index (χ4n) is 3.67. The summed E-state index contributed by atoms with van der Waals surface area (Å²) in [6.45, 7) is 5.49. The minimum Gasteiger partial charge on any atom is -0.387 e. The summed E-state index contributed by atoms with van der Waals surface area (Å²) in [5.74, 6) is -2.74. The molecule has 1 atom stereocenters. The van der Waals surface area contributed by atoms with E-state index in [1.807, 2.05) is 18.7 Å². The van der Waals surface area contributed by atoms with E-state index in [0.29, 0.717) is 25.2 Å².